The van der Waals surface area contributed by atoms with Gasteiger partial charge in [0.15, 0.2) is 11.6 Å². The van der Waals surface area contributed by atoms with Crippen molar-refractivity contribution in [1.82, 2.24) is 14.8 Å². The van der Waals surface area contributed by atoms with Crippen LogP contribution in [0.5, 0.6) is 0 Å². The van der Waals surface area contributed by atoms with Gasteiger partial charge in [0.1, 0.15) is 0 Å². The molecule has 3 amide bonds. The number of nitrogens with one attached hydrogen (secondary N) is 1. The molecule has 6 rings (SSSR count). The zero-order valence-corrected chi connectivity index (χ0v) is 20.2. The van der Waals surface area contributed by atoms with E-state index >= 15 is 0 Å². The maximum atomic E-state index is 13.8. The highest BCUT2D eigenvalue weighted by atomic mass is 19.2. The summed E-state index contributed by atoms with van der Waals surface area (Å²) in [6, 6.07) is 17.3. The summed E-state index contributed by atoms with van der Waals surface area (Å²) in [7, 11) is 0. The van der Waals surface area contributed by atoms with Crippen molar-refractivity contribution < 1.29 is 23.2 Å². The Hall–Kier alpha value is -4.50. The number of carbonyl (C=O) groups excluding carboxylic acids is 3. The number of benzene rings is 3. The summed E-state index contributed by atoms with van der Waals surface area (Å²) in [4.78, 5) is 47.2. The van der Waals surface area contributed by atoms with Gasteiger partial charge in [0, 0.05) is 61.0 Å². The molecule has 3 aromatic carbocycles. The SMILES string of the molecule is O=C(Nc1ccc(F)c(F)c1)c1c2c(nc3ccccc13)CCN(CCN1C(=O)c3ccccc3C1=O)C2. The van der Waals surface area contributed by atoms with Gasteiger partial charge in [-0.05, 0) is 30.3 Å². The van der Waals surface area contributed by atoms with Gasteiger partial charge in [-0.15, -0.1) is 0 Å². The van der Waals surface area contributed by atoms with E-state index in [0.29, 0.717) is 53.6 Å². The lowest BCUT2D eigenvalue weighted by Gasteiger charge is -2.31. The summed E-state index contributed by atoms with van der Waals surface area (Å²) in [6.45, 7) is 1.68. The van der Waals surface area contributed by atoms with Gasteiger partial charge in [0.2, 0.25) is 0 Å². The van der Waals surface area contributed by atoms with E-state index in [1.807, 2.05) is 18.2 Å². The smallest absolute Gasteiger partial charge is 0.261 e. The van der Waals surface area contributed by atoms with Crippen LogP contribution in [0.3, 0.4) is 0 Å². The number of imide groups is 1. The zero-order valence-electron chi connectivity index (χ0n) is 20.2. The molecule has 0 fully saturated rings. The lowest BCUT2D eigenvalue weighted by molar-refractivity contribution is 0.0633. The molecular weight excluding hydrogens is 490 g/mol. The van der Waals surface area contributed by atoms with Gasteiger partial charge in [-0.3, -0.25) is 29.2 Å². The molecule has 0 atom stereocenters. The van der Waals surface area contributed by atoms with Gasteiger partial charge in [0.25, 0.3) is 17.7 Å². The van der Waals surface area contributed by atoms with Crippen LogP contribution in [-0.4, -0.2) is 52.1 Å². The normalized spacial score (nSPS) is 15.1. The Morgan fingerprint density at radius 1 is 0.895 bits per heavy atom. The van der Waals surface area contributed by atoms with Crippen LogP contribution < -0.4 is 5.32 Å². The third-order valence-corrected chi connectivity index (χ3v) is 7.05. The molecule has 0 saturated carbocycles. The summed E-state index contributed by atoms with van der Waals surface area (Å²) in [5, 5.41) is 3.34. The highest BCUT2D eigenvalue weighted by Crippen LogP contribution is 2.30. The van der Waals surface area contributed by atoms with Crippen LogP contribution in [0.4, 0.5) is 14.5 Å². The first kappa shape index (κ1) is 23.9. The van der Waals surface area contributed by atoms with Gasteiger partial charge in [-0.25, -0.2) is 8.78 Å². The molecule has 0 spiro atoms. The molecule has 7 nitrogen and oxygen atoms in total. The molecule has 2 aliphatic rings. The molecule has 38 heavy (non-hydrogen) atoms. The Kier molecular flexibility index (Phi) is 5.92. The number of para-hydroxylation sites is 1. The van der Waals surface area contributed by atoms with Crippen LogP contribution in [-0.2, 0) is 13.0 Å². The van der Waals surface area contributed by atoms with E-state index in [0.717, 1.165) is 23.4 Å². The third kappa shape index (κ3) is 4.10. The van der Waals surface area contributed by atoms with E-state index in [9.17, 15) is 23.2 Å². The molecule has 3 heterocycles. The van der Waals surface area contributed by atoms with Crippen LogP contribution in [0.1, 0.15) is 42.3 Å². The van der Waals surface area contributed by atoms with E-state index in [-0.39, 0.29) is 24.0 Å². The first-order valence-electron chi connectivity index (χ1n) is 12.2. The van der Waals surface area contributed by atoms with Crippen molar-refractivity contribution in [3.05, 3.63) is 106 Å². The molecule has 190 valence electrons. The number of halogens is 2. The second-order valence-electron chi connectivity index (χ2n) is 9.35. The second kappa shape index (κ2) is 9.42. The van der Waals surface area contributed by atoms with E-state index in [4.69, 9.17) is 4.98 Å². The van der Waals surface area contributed by atoms with Crippen molar-refractivity contribution in [2.45, 2.75) is 13.0 Å². The van der Waals surface area contributed by atoms with Gasteiger partial charge < -0.3 is 5.32 Å². The molecule has 1 aromatic heterocycles. The molecule has 0 radical (unpaired) electrons. The van der Waals surface area contributed by atoms with E-state index in [2.05, 4.69) is 10.2 Å². The van der Waals surface area contributed by atoms with Crippen LogP contribution in [0.15, 0.2) is 66.7 Å². The average Bonchev–Trinajstić information content (AvgIpc) is 3.17. The minimum Gasteiger partial charge on any atom is -0.322 e. The van der Waals surface area contributed by atoms with Gasteiger partial charge in [0.05, 0.1) is 22.2 Å². The van der Waals surface area contributed by atoms with Crippen LogP contribution in [0.25, 0.3) is 10.9 Å². The molecular formula is C29H22F2N4O3. The summed E-state index contributed by atoms with van der Waals surface area (Å²) in [5.74, 6) is -3.11. The lowest BCUT2D eigenvalue weighted by Crippen LogP contribution is -2.41. The van der Waals surface area contributed by atoms with Crippen LogP contribution in [0, 0.1) is 11.6 Å². The Morgan fingerprint density at radius 2 is 1.61 bits per heavy atom. The Balaban J connectivity index is 1.27. The number of hydrogen-bond donors (Lipinski definition) is 1. The predicted octanol–water partition coefficient (Wildman–Crippen LogP) is 4.42. The number of carbonyl (C=O) groups is 3. The Labute approximate surface area is 216 Å². The molecule has 2 aliphatic heterocycles. The maximum Gasteiger partial charge on any atom is 0.261 e. The molecule has 0 aliphatic carbocycles. The van der Waals surface area contributed by atoms with E-state index in [1.165, 1.54) is 11.0 Å². The minimum atomic E-state index is -1.05. The predicted molar refractivity (Wildman–Crippen MR) is 137 cm³/mol. The monoisotopic (exact) mass is 512 g/mol. The quantitative estimate of drug-likeness (QED) is 0.401. The van der Waals surface area contributed by atoms with Gasteiger partial charge >= 0.3 is 0 Å². The fraction of sp³-hybridized carbons (Fsp3) is 0.172. The van der Waals surface area contributed by atoms with Crippen molar-refractivity contribution in [2.24, 2.45) is 0 Å². The topological polar surface area (TPSA) is 82.6 Å². The van der Waals surface area contributed by atoms with Crippen LogP contribution in [0.2, 0.25) is 0 Å². The minimum absolute atomic E-state index is 0.141. The fourth-order valence-electron chi connectivity index (χ4n) is 5.15. The molecule has 0 unspecified atom stereocenters. The van der Waals surface area contributed by atoms with Gasteiger partial charge in [-0.1, -0.05) is 30.3 Å². The largest absolute Gasteiger partial charge is 0.322 e. The molecule has 1 N–H and O–H groups in total. The van der Waals surface area contributed by atoms with Gasteiger partial charge in [-0.2, -0.15) is 0 Å². The van der Waals surface area contributed by atoms with Crippen molar-refractivity contribution in [3.8, 4) is 0 Å². The number of amides is 3. The summed E-state index contributed by atoms with van der Waals surface area (Å²) >= 11 is 0. The fourth-order valence-corrected chi connectivity index (χ4v) is 5.15. The zero-order chi connectivity index (χ0) is 26.4. The average molecular weight is 513 g/mol. The Morgan fingerprint density at radius 3 is 2.34 bits per heavy atom. The number of aromatic nitrogens is 1. The van der Waals surface area contributed by atoms with Crippen molar-refractivity contribution in [2.75, 3.05) is 25.0 Å². The van der Waals surface area contributed by atoms with E-state index < -0.39 is 17.5 Å². The first-order valence-corrected chi connectivity index (χ1v) is 12.2. The maximum absolute atomic E-state index is 13.8. The number of anilines is 1. The van der Waals surface area contributed by atoms with Crippen molar-refractivity contribution >= 4 is 34.3 Å². The van der Waals surface area contributed by atoms with Crippen molar-refractivity contribution in [3.63, 3.8) is 0 Å². The standard InChI is InChI=1S/C29H22F2N4O3/c30-22-10-9-17(15-23(22)31)32-27(36)26-20-7-3-4-8-24(20)33-25-11-12-34(16-21(25)26)13-14-35-28(37)18-5-1-2-6-19(18)29(35)38/h1-10,15H,11-14,16H2,(H,32,36). The summed E-state index contributed by atoms with van der Waals surface area (Å²) in [6.07, 6.45) is 0.577. The molecule has 9 heteroatoms. The first-order chi connectivity index (χ1) is 18.4. The highest BCUT2D eigenvalue weighted by molar-refractivity contribution is 6.21. The van der Waals surface area contributed by atoms with Crippen LogP contribution >= 0.6 is 0 Å². The number of pyridine rings is 1. The third-order valence-electron chi connectivity index (χ3n) is 7.05. The van der Waals surface area contributed by atoms with E-state index in [1.54, 1.807) is 30.3 Å². The number of fused-ring (bicyclic) bond motifs is 3. The number of nitrogens with zero attached hydrogens (tertiary/aromatic N) is 3. The number of hydrogen-bond acceptors (Lipinski definition) is 5. The molecule has 4 aromatic rings. The number of rotatable bonds is 5. The molecule has 0 saturated heterocycles. The second-order valence-corrected chi connectivity index (χ2v) is 9.35. The summed E-state index contributed by atoms with van der Waals surface area (Å²) in [5.41, 5.74) is 3.57. The Bertz CT molecular complexity index is 1600. The summed E-state index contributed by atoms with van der Waals surface area (Å²) < 4.78 is 27.2. The highest BCUT2D eigenvalue weighted by Gasteiger charge is 2.35. The molecule has 0 bridgehead atoms. The lowest BCUT2D eigenvalue weighted by atomic mass is 9.95. The van der Waals surface area contributed by atoms with Crippen molar-refractivity contribution in [1.29, 1.82) is 0 Å².